The predicted molar refractivity (Wildman–Crippen MR) is 89.6 cm³/mol. The zero-order valence-electron chi connectivity index (χ0n) is 12.5. The van der Waals surface area contributed by atoms with Crippen LogP contribution in [-0.4, -0.2) is 17.5 Å². The van der Waals surface area contributed by atoms with E-state index in [1.165, 1.54) is 16.7 Å². The van der Waals surface area contributed by atoms with Gasteiger partial charge in [-0.1, -0.05) is 46.3 Å². The van der Waals surface area contributed by atoms with E-state index in [2.05, 4.69) is 35.0 Å². The summed E-state index contributed by atoms with van der Waals surface area (Å²) in [6.07, 6.45) is 0.632. The van der Waals surface area contributed by atoms with Gasteiger partial charge in [0.15, 0.2) is 0 Å². The van der Waals surface area contributed by atoms with Gasteiger partial charge in [0.05, 0.1) is 0 Å². The summed E-state index contributed by atoms with van der Waals surface area (Å²) in [4.78, 5) is 14.0. The largest absolute Gasteiger partial charge is 0.445 e. The van der Waals surface area contributed by atoms with Crippen LogP contribution in [-0.2, 0) is 24.3 Å². The van der Waals surface area contributed by atoms with E-state index in [1.807, 2.05) is 30.3 Å². The Kier molecular flexibility index (Phi) is 4.48. The number of hydrogen-bond donors (Lipinski definition) is 0. The molecule has 1 aliphatic rings. The predicted octanol–water partition coefficient (Wildman–Crippen LogP) is 4.45. The number of halogens is 1. The molecule has 3 rings (SSSR count). The van der Waals surface area contributed by atoms with Crippen LogP contribution < -0.4 is 0 Å². The standard InChI is InChI=1S/C18H18BrNO2/c1-13-9-16(19)10-15-7-8-20(11-17(13)15)18(21)22-12-14-5-3-2-4-6-14/h2-6,9-10H,7-8,11-12H2,1H3. The Bertz CT molecular complexity index is 685. The Labute approximate surface area is 139 Å². The minimum absolute atomic E-state index is 0.239. The number of ether oxygens (including phenoxy) is 1. The van der Waals surface area contributed by atoms with Gasteiger partial charge in [-0.3, -0.25) is 0 Å². The molecular formula is C18H18BrNO2. The molecule has 22 heavy (non-hydrogen) atoms. The third-order valence-corrected chi connectivity index (χ3v) is 4.45. The van der Waals surface area contributed by atoms with Crippen molar-refractivity contribution < 1.29 is 9.53 Å². The van der Waals surface area contributed by atoms with Crippen molar-refractivity contribution in [3.05, 3.63) is 69.2 Å². The van der Waals surface area contributed by atoms with E-state index in [4.69, 9.17) is 4.74 Å². The number of carbonyl (C=O) groups is 1. The fourth-order valence-electron chi connectivity index (χ4n) is 2.78. The number of fused-ring (bicyclic) bond motifs is 1. The Hall–Kier alpha value is -1.81. The molecule has 1 aliphatic heterocycles. The van der Waals surface area contributed by atoms with Gasteiger partial charge >= 0.3 is 6.09 Å². The Morgan fingerprint density at radius 3 is 2.82 bits per heavy atom. The van der Waals surface area contributed by atoms with Gasteiger partial charge in [-0.2, -0.15) is 0 Å². The molecule has 0 fully saturated rings. The molecule has 0 unspecified atom stereocenters. The van der Waals surface area contributed by atoms with Crippen molar-refractivity contribution in [2.45, 2.75) is 26.5 Å². The molecule has 114 valence electrons. The van der Waals surface area contributed by atoms with E-state index in [1.54, 1.807) is 4.90 Å². The molecule has 0 radical (unpaired) electrons. The highest BCUT2D eigenvalue weighted by Gasteiger charge is 2.23. The summed E-state index contributed by atoms with van der Waals surface area (Å²) in [5.41, 5.74) is 4.78. The lowest BCUT2D eigenvalue weighted by Crippen LogP contribution is -2.36. The molecule has 2 aromatic carbocycles. The molecule has 0 aromatic heterocycles. The number of aryl methyl sites for hydroxylation is 1. The van der Waals surface area contributed by atoms with Crippen molar-refractivity contribution in [3.63, 3.8) is 0 Å². The van der Waals surface area contributed by atoms with Crippen molar-refractivity contribution in [2.75, 3.05) is 6.54 Å². The number of rotatable bonds is 2. The van der Waals surface area contributed by atoms with E-state index in [0.717, 1.165) is 16.5 Å². The van der Waals surface area contributed by atoms with E-state index in [-0.39, 0.29) is 6.09 Å². The van der Waals surface area contributed by atoms with Gasteiger partial charge in [0.2, 0.25) is 0 Å². The van der Waals surface area contributed by atoms with Gasteiger partial charge in [0.25, 0.3) is 0 Å². The van der Waals surface area contributed by atoms with E-state index in [9.17, 15) is 4.79 Å². The maximum Gasteiger partial charge on any atom is 0.410 e. The van der Waals surface area contributed by atoms with E-state index < -0.39 is 0 Å². The summed E-state index contributed by atoms with van der Waals surface area (Å²) in [6.45, 7) is 3.74. The van der Waals surface area contributed by atoms with E-state index in [0.29, 0.717) is 19.7 Å². The monoisotopic (exact) mass is 359 g/mol. The maximum atomic E-state index is 12.3. The van der Waals surface area contributed by atoms with Crippen molar-refractivity contribution >= 4 is 22.0 Å². The third kappa shape index (κ3) is 3.33. The van der Waals surface area contributed by atoms with Gasteiger partial charge in [-0.15, -0.1) is 0 Å². The second-order valence-corrected chi connectivity index (χ2v) is 6.49. The lowest BCUT2D eigenvalue weighted by Gasteiger charge is -2.29. The van der Waals surface area contributed by atoms with Crippen LogP contribution in [0.2, 0.25) is 0 Å². The molecule has 2 aromatic rings. The second kappa shape index (κ2) is 6.53. The summed E-state index contributed by atoms with van der Waals surface area (Å²) in [6, 6.07) is 14.0. The van der Waals surface area contributed by atoms with Gasteiger partial charge < -0.3 is 9.64 Å². The quantitative estimate of drug-likeness (QED) is 0.792. The Morgan fingerprint density at radius 2 is 2.05 bits per heavy atom. The molecule has 3 nitrogen and oxygen atoms in total. The highest BCUT2D eigenvalue weighted by Crippen LogP contribution is 2.26. The average molecular weight is 360 g/mol. The highest BCUT2D eigenvalue weighted by atomic mass is 79.9. The lowest BCUT2D eigenvalue weighted by molar-refractivity contribution is 0.0918. The molecule has 1 amide bonds. The van der Waals surface area contributed by atoms with Gasteiger partial charge in [-0.25, -0.2) is 4.79 Å². The first-order valence-corrected chi connectivity index (χ1v) is 8.16. The molecule has 0 saturated carbocycles. The lowest BCUT2D eigenvalue weighted by atomic mass is 9.96. The topological polar surface area (TPSA) is 29.5 Å². The molecule has 0 bridgehead atoms. The first-order valence-electron chi connectivity index (χ1n) is 7.37. The van der Waals surface area contributed by atoms with Crippen LogP contribution in [0.5, 0.6) is 0 Å². The molecule has 0 spiro atoms. The molecular weight excluding hydrogens is 342 g/mol. The number of hydrogen-bond acceptors (Lipinski definition) is 2. The summed E-state index contributed by atoms with van der Waals surface area (Å²) >= 11 is 3.53. The van der Waals surface area contributed by atoms with Crippen LogP contribution in [0.25, 0.3) is 0 Å². The smallest absolute Gasteiger partial charge is 0.410 e. The van der Waals surface area contributed by atoms with E-state index >= 15 is 0 Å². The maximum absolute atomic E-state index is 12.3. The summed E-state index contributed by atoms with van der Waals surface area (Å²) in [5.74, 6) is 0. The Morgan fingerprint density at radius 1 is 1.27 bits per heavy atom. The first-order chi connectivity index (χ1) is 10.6. The molecule has 0 N–H and O–H groups in total. The van der Waals surface area contributed by atoms with Gasteiger partial charge in [0.1, 0.15) is 6.61 Å². The van der Waals surface area contributed by atoms with Crippen molar-refractivity contribution in [1.82, 2.24) is 4.90 Å². The summed E-state index contributed by atoms with van der Waals surface area (Å²) < 4.78 is 6.52. The highest BCUT2D eigenvalue weighted by molar-refractivity contribution is 9.10. The normalized spacial score (nSPS) is 13.6. The number of nitrogens with zero attached hydrogens (tertiary/aromatic N) is 1. The second-order valence-electron chi connectivity index (χ2n) is 5.57. The number of benzene rings is 2. The number of carbonyl (C=O) groups excluding carboxylic acids is 1. The van der Waals surface area contributed by atoms with Crippen LogP contribution in [0.3, 0.4) is 0 Å². The number of amides is 1. The summed E-state index contributed by atoms with van der Waals surface area (Å²) in [7, 11) is 0. The van der Waals surface area contributed by atoms with Crippen LogP contribution in [0.4, 0.5) is 4.79 Å². The summed E-state index contributed by atoms with van der Waals surface area (Å²) in [5, 5.41) is 0. The third-order valence-electron chi connectivity index (χ3n) is 3.99. The average Bonchev–Trinajstić information content (AvgIpc) is 2.53. The van der Waals surface area contributed by atoms with Crippen molar-refractivity contribution in [2.24, 2.45) is 0 Å². The van der Waals surface area contributed by atoms with Crippen LogP contribution >= 0.6 is 15.9 Å². The Balaban J connectivity index is 1.65. The van der Waals surface area contributed by atoms with Crippen molar-refractivity contribution in [1.29, 1.82) is 0 Å². The molecule has 1 heterocycles. The molecule has 0 aliphatic carbocycles. The molecule has 4 heteroatoms. The fraction of sp³-hybridized carbons (Fsp3) is 0.278. The zero-order chi connectivity index (χ0) is 15.5. The zero-order valence-corrected chi connectivity index (χ0v) is 14.1. The SMILES string of the molecule is Cc1cc(Br)cc2c1CN(C(=O)OCc1ccccc1)CC2. The van der Waals surface area contributed by atoms with Crippen molar-refractivity contribution in [3.8, 4) is 0 Å². The molecule has 0 atom stereocenters. The van der Waals surface area contributed by atoms with Gasteiger partial charge in [0, 0.05) is 17.6 Å². The fourth-order valence-corrected chi connectivity index (χ4v) is 3.40. The van der Waals surface area contributed by atoms with Crippen LogP contribution in [0.15, 0.2) is 46.9 Å². The van der Waals surface area contributed by atoms with Gasteiger partial charge in [-0.05, 0) is 47.7 Å². The first kappa shape index (κ1) is 15.1. The molecule has 0 saturated heterocycles. The van der Waals surface area contributed by atoms with Crippen LogP contribution in [0.1, 0.15) is 22.3 Å². The minimum atomic E-state index is -0.239. The minimum Gasteiger partial charge on any atom is -0.445 e. The van der Waals surface area contributed by atoms with Crippen LogP contribution in [0, 0.1) is 6.92 Å².